The lowest BCUT2D eigenvalue weighted by atomic mass is 9.99. The molecule has 4 nitrogen and oxygen atoms in total. The van der Waals surface area contributed by atoms with Gasteiger partial charge in [0.2, 0.25) is 0 Å². The maximum atomic E-state index is 12.3. The van der Waals surface area contributed by atoms with Crippen molar-refractivity contribution in [3.05, 3.63) is 83.9 Å². The molecule has 0 heterocycles. The molecule has 3 aromatic carbocycles. The van der Waals surface area contributed by atoms with E-state index in [4.69, 9.17) is 9.47 Å². The first-order valence-corrected chi connectivity index (χ1v) is 14.3. The second-order valence-electron chi connectivity index (χ2n) is 9.83. The number of esters is 2. The molecule has 38 heavy (non-hydrogen) atoms. The van der Waals surface area contributed by atoms with E-state index in [9.17, 15) is 9.59 Å². The van der Waals surface area contributed by atoms with Crippen molar-refractivity contribution in [1.29, 1.82) is 0 Å². The Hall–Kier alpha value is -3.40. The van der Waals surface area contributed by atoms with Gasteiger partial charge in [-0.1, -0.05) is 114 Å². The summed E-state index contributed by atoms with van der Waals surface area (Å²) in [7, 11) is 0. The monoisotopic (exact) mass is 514 g/mol. The van der Waals surface area contributed by atoms with Crippen molar-refractivity contribution in [1.82, 2.24) is 0 Å². The van der Waals surface area contributed by atoms with Crippen LogP contribution in [0.4, 0.5) is 0 Å². The number of benzene rings is 3. The number of carbonyl (C=O) groups excluding carboxylic acids is 2. The lowest BCUT2D eigenvalue weighted by Crippen LogP contribution is -2.06. The molecule has 0 aliphatic rings. The van der Waals surface area contributed by atoms with E-state index in [-0.39, 0.29) is 11.9 Å². The van der Waals surface area contributed by atoms with E-state index < -0.39 is 0 Å². The van der Waals surface area contributed by atoms with E-state index in [1.165, 1.54) is 38.5 Å². The van der Waals surface area contributed by atoms with Crippen LogP contribution in [-0.4, -0.2) is 25.2 Å². The fraction of sp³-hybridized carbons (Fsp3) is 0.412. The van der Waals surface area contributed by atoms with Crippen molar-refractivity contribution in [3.63, 3.8) is 0 Å². The number of unbranched alkanes of at least 4 members (excludes halogenated alkanes) is 8. The highest BCUT2D eigenvalue weighted by molar-refractivity contribution is 5.90. The summed E-state index contributed by atoms with van der Waals surface area (Å²) in [6.45, 7) is 5.34. The van der Waals surface area contributed by atoms with Crippen LogP contribution in [-0.2, 0) is 9.47 Å². The van der Waals surface area contributed by atoms with E-state index >= 15 is 0 Å². The number of rotatable bonds is 16. The number of ether oxygens (including phenoxy) is 2. The second-order valence-corrected chi connectivity index (χ2v) is 9.83. The van der Waals surface area contributed by atoms with Gasteiger partial charge in [0, 0.05) is 0 Å². The summed E-state index contributed by atoms with van der Waals surface area (Å²) < 4.78 is 10.8. The summed E-state index contributed by atoms with van der Waals surface area (Å²) in [5, 5.41) is 0. The van der Waals surface area contributed by atoms with Crippen LogP contribution in [0.3, 0.4) is 0 Å². The van der Waals surface area contributed by atoms with E-state index in [1.54, 1.807) is 0 Å². The second kappa shape index (κ2) is 16.4. The van der Waals surface area contributed by atoms with Crippen LogP contribution < -0.4 is 0 Å². The molecule has 0 aromatic heterocycles. The van der Waals surface area contributed by atoms with Crippen LogP contribution >= 0.6 is 0 Å². The Kier molecular flexibility index (Phi) is 12.6. The molecule has 0 unspecified atom stereocenters. The van der Waals surface area contributed by atoms with Gasteiger partial charge < -0.3 is 9.47 Å². The van der Waals surface area contributed by atoms with Crippen molar-refractivity contribution >= 4 is 11.9 Å². The van der Waals surface area contributed by atoms with Crippen LogP contribution in [0.15, 0.2) is 72.8 Å². The minimum atomic E-state index is -0.262. The van der Waals surface area contributed by atoms with Crippen molar-refractivity contribution < 1.29 is 19.1 Å². The normalized spacial score (nSPS) is 10.8. The minimum Gasteiger partial charge on any atom is -0.462 e. The summed E-state index contributed by atoms with van der Waals surface area (Å²) in [4.78, 5) is 24.6. The smallest absolute Gasteiger partial charge is 0.338 e. The Balaban J connectivity index is 1.49. The lowest BCUT2D eigenvalue weighted by molar-refractivity contribution is 0.0488. The Labute approximate surface area is 228 Å². The van der Waals surface area contributed by atoms with E-state index in [1.807, 2.05) is 48.5 Å². The number of carbonyl (C=O) groups is 2. The van der Waals surface area contributed by atoms with Crippen molar-refractivity contribution in [3.8, 4) is 22.3 Å². The first-order chi connectivity index (χ1) is 18.6. The van der Waals surface area contributed by atoms with Gasteiger partial charge in [0.05, 0.1) is 24.3 Å². The van der Waals surface area contributed by atoms with Gasteiger partial charge in [-0.25, -0.2) is 9.59 Å². The zero-order chi connectivity index (χ0) is 27.0. The largest absolute Gasteiger partial charge is 0.462 e. The van der Waals surface area contributed by atoms with Gasteiger partial charge in [-0.15, -0.1) is 0 Å². The molecule has 0 aliphatic heterocycles. The summed E-state index contributed by atoms with van der Waals surface area (Å²) in [5.41, 5.74) is 5.39. The van der Waals surface area contributed by atoms with Crippen LogP contribution in [0.25, 0.3) is 22.3 Å². The molecular formula is C34H42O4. The van der Waals surface area contributed by atoms with E-state index in [0.717, 1.165) is 47.9 Å². The first kappa shape index (κ1) is 29.2. The highest BCUT2D eigenvalue weighted by atomic mass is 16.5. The first-order valence-electron chi connectivity index (χ1n) is 14.3. The molecule has 0 amide bonds. The summed E-state index contributed by atoms with van der Waals surface area (Å²) in [6.07, 6.45) is 11.3. The summed E-state index contributed by atoms with van der Waals surface area (Å²) in [5.74, 6) is -0.525. The number of hydrogen-bond acceptors (Lipinski definition) is 4. The van der Waals surface area contributed by atoms with Crippen molar-refractivity contribution in [2.24, 2.45) is 0 Å². The molecule has 0 saturated heterocycles. The molecule has 3 rings (SSSR count). The van der Waals surface area contributed by atoms with Gasteiger partial charge in [0.1, 0.15) is 0 Å². The van der Waals surface area contributed by atoms with Crippen molar-refractivity contribution in [2.45, 2.75) is 78.1 Å². The standard InChI is InChI=1S/C34H42O4/c1-3-5-7-9-11-25-37-33(35)31-21-17-29(18-22-31)27-13-15-28(16-14-27)30-19-23-32(24-20-30)34(36)38-26-12-10-8-6-4-2/h13-24H,3-12,25-26H2,1-2H3. The Morgan fingerprint density at radius 3 is 1.05 bits per heavy atom. The summed E-state index contributed by atoms with van der Waals surface area (Å²) in [6, 6.07) is 23.4. The lowest BCUT2D eigenvalue weighted by Gasteiger charge is -2.08. The average molecular weight is 515 g/mol. The van der Waals surface area contributed by atoms with Crippen LogP contribution in [0.2, 0.25) is 0 Å². The van der Waals surface area contributed by atoms with E-state index in [2.05, 4.69) is 38.1 Å². The predicted octanol–water partition coefficient (Wildman–Crippen LogP) is 9.28. The van der Waals surface area contributed by atoms with Gasteiger partial charge in [-0.2, -0.15) is 0 Å². The molecule has 0 spiro atoms. The summed E-state index contributed by atoms with van der Waals surface area (Å²) >= 11 is 0. The molecule has 0 fully saturated rings. The number of hydrogen-bond donors (Lipinski definition) is 0. The molecule has 0 radical (unpaired) electrons. The molecule has 0 atom stereocenters. The molecule has 0 bridgehead atoms. The van der Waals surface area contributed by atoms with Gasteiger partial charge in [-0.05, 0) is 59.4 Å². The van der Waals surface area contributed by atoms with Gasteiger partial charge in [0.25, 0.3) is 0 Å². The third kappa shape index (κ3) is 9.48. The van der Waals surface area contributed by atoms with Gasteiger partial charge >= 0.3 is 11.9 Å². The quantitative estimate of drug-likeness (QED) is 0.141. The molecule has 202 valence electrons. The predicted molar refractivity (Wildman–Crippen MR) is 155 cm³/mol. The van der Waals surface area contributed by atoms with E-state index in [0.29, 0.717) is 24.3 Å². The zero-order valence-electron chi connectivity index (χ0n) is 23.0. The van der Waals surface area contributed by atoms with Crippen LogP contribution in [0.5, 0.6) is 0 Å². The zero-order valence-corrected chi connectivity index (χ0v) is 23.0. The molecular weight excluding hydrogens is 472 g/mol. The third-order valence-electron chi connectivity index (χ3n) is 6.75. The minimum absolute atomic E-state index is 0.262. The van der Waals surface area contributed by atoms with Gasteiger partial charge in [-0.3, -0.25) is 0 Å². The third-order valence-corrected chi connectivity index (χ3v) is 6.75. The maximum Gasteiger partial charge on any atom is 0.338 e. The van der Waals surface area contributed by atoms with Gasteiger partial charge in [0.15, 0.2) is 0 Å². The molecule has 0 aliphatic carbocycles. The topological polar surface area (TPSA) is 52.6 Å². The molecule has 0 N–H and O–H groups in total. The fourth-order valence-electron chi connectivity index (χ4n) is 4.36. The fourth-order valence-corrected chi connectivity index (χ4v) is 4.36. The van der Waals surface area contributed by atoms with Crippen LogP contribution in [0, 0.1) is 0 Å². The average Bonchev–Trinajstić information content (AvgIpc) is 2.97. The highest BCUT2D eigenvalue weighted by Crippen LogP contribution is 2.26. The maximum absolute atomic E-state index is 12.3. The Morgan fingerprint density at radius 1 is 0.447 bits per heavy atom. The SMILES string of the molecule is CCCCCCCOC(=O)c1ccc(-c2ccc(-c3ccc(C(=O)OCCCCCCC)cc3)cc2)cc1. The van der Waals surface area contributed by atoms with Crippen molar-refractivity contribution in [2.75, 3.05) is 13.2 Å². The molecule has 4 heteroatoms. The van der Waals surface area contributed by atoms with Crippen LogP contribution in [0.1, 0.15) is 98.8 Å². The highest BCUT2D eigenvalue weighted by Gasteiger charge is 2.09. The Bertz CT molecular complexity index is 1010. The molecule has 3 aromatic rings. The Morgan fingerprint density at radius 2 is 0.737 bits per heavy atom. The molecule has 0 saturated carbocycles.